The maximum absolute atomic E-state index is 11.6. The summed E-state index contributed by atoms with van der Waals surface area (Å²) in [5.41, 5.74) is 5.47. The number of nitrogens with zero attached hydrogens (tertiary/aromatic N) is 1. The van der Waals surface area contributed by atoms with E-state index in [9.17, 15) is 4.79 Å². The van der Waals surface area contributed by atoms with Gasteiger partial charge in [-0.05, 0) is 38.4 Å². The van der Waals surface area contributed by atoms with Gasteiger partial charge in [-0.1, -0.05) is 20.8 Å². The van der Waals surface area contributed by atoms with Crippen molar-refractivity contribution in [2.24, 2.45) is 11.7 Å². The van der Waals surface area contributed by atoms with Crippen LogP contribution in [0.25, 0.3) is 0 Å². The SMILES string of the molecule is CCCN(CCCN)CC(=O)NCC(C)C. The van der Waals surface area contributed by atoms with Crippen molar-refractivity contribution in [3.05, 3.63) is 0 Å². The first-order chi connectivity index (χ1) is 7.60. The van der Waals surface area contributed by atoms with Crippen molar-refractivity contribution in [3.8, 4) is 0 Å². The molecule has 0 atom stereocenters. The van der Waals surface area contributed by atoms with Crippen molar-refractivity contribution in [1.82, 2.24) is 10.2 Å². The summed E-state index contributed by atoms with van der Waals surface area (Å²) in [6, 6.07) is 0. The van der Waals surface area contributed by atoms with Crippen LogP contribution >= 0.6 is 0 Å². The fourth-order valence-corrected chi connectivity index (χ4v) is 1.48. The lowest BCUT2D eigenvalue weighted by atomic mass is 10.2. The molecule has 0 aromatic heterocycles. The average molecular weight is 229 g/mol. The van der Waals surface area contributed by atoms with Crippen LogP contribution in [-0.4, -0.2) is 43.5 Å². The third-order valence-electron chi connectivity index (χ3n) is 2.29. The van der Waals surface area contributed by atoms with Gasteiger partial charge in [-0.15, -0.1) is 0 Å². The summed E-state index contributed by atoms with van der Waals surface area (Å²) in [5, 5.41) is 2.94. The summed E-state index contributed by atoms with van der Waals surface area (Å²) in [6.45, 7) is 10.1. The summed E-state index contributed by atoms with van der Waals surface area (Å²) < 4.78 is 0. The second-order valence-corrected chi connectivity index (χ2v) is 4.62. The van der Waals surface area contributed by atoms with Crippen molar-refractivity contribution in [1.29, 1.82) is 0 Å². The molecular formula is C12H27N3O. The van der Waals surface area contributed by atoms with Gasteiger partial charge >= 0.3 is 0 Å². The first kappa shape index (κ1) is 15.4. The first-order valence-corrected chi connectivity index (χ1v) is 6.29. The van der Waals surface area contributed by atoms with Crippen LogP contribution in [0.5, 0.6) is 0 Å². The van der Waals surface area contributed by atoms with E-state index in [2.05, 4.69) is 31.0 Å². The minimum absolute atomic E-state index is 0.124. The molecule has 0 rings (SSSR count). The molecule has 0 heterocycles. The summed E-state index contributed by atoms with van der Waals surface area (Å²) in [4.78, 5) is 13.8. The maximum Gasteiger partial charge on any atom is 0.234 e. The monoisotopic (exact) mass is 229 g/mol. The van der Waals surface area contributed by atoms with Gasteiger partial charge in [0.2, 0.25) is 5.91 Å². The van der Waals surface area contributed by atoms with Crippen molar-refractivity contribution in [2.45, 2.75) is 33.6 Å². The van der Waals surface area contributed by atoms with Gasteiger partial charge in [-0.2, -0.15) is 0 Å². The summed E-state index contributed by atoms with van der Waals surface area (Å²) in [7, 11) is 0. The van der Waals surface area contributed by atoms with E-state index in [1.807, 2.05) is 0 Å². The Hall–Kier alpha value is -0.610. The van der Waals surface area contributed by atoms with Crippen LogP contribution in [0.1, 0.15) is 33.6 Å². The topological polar surface area (TPSA) is 58.4 Å². The Morgan fingerprint density at radius 1 is 1.38 bits per heavy atom. The molecule has 0 unspecified atom stereocenters. The Morgan fingerprint density at radius 2 is 2.06 bits per heavy atom. The molecule has 96 valence electrons. The predicted octanol–water partition coefficient (Wildman–Crippen LogP) is 0.819. The highest BCUT2D eigenvalue weighted by atomic mass is 16.2. The number of hydrogen-bond donors (Lipinski definition) is 2. The van der Waals surface area contributed by atoms with Crippen LogP contribution in [-0.2, 0) is 4.79 Å². The van der Waals surface area contributed by atoms with Gasteiger partial charge in [0.05, 0.1) is 6.54 Å². The molecular weight excluding hydrogens is 202 g/mol. The third kappa shape index (κ3) is 8.68. The summed E-state index contributed by atoms with van der Waals surface area (Å²) in [5.74, 6) is 0.631. The lowest BCUT2D eigenvalue weighted by Crippen LogP contribution is -2.39. The fourth-order valence-electron chi connectivity index (χ4n) is 1.48. The number of nitrogens with two attached hydrogens (primary N) is 1. The molecule has 3 N–H and O–H groups in total. The molecule has 0 aromatic carbocycles. The molecule has 0 aromatic rings. The maximum atomic E-state index is 11.6. The van der Waals surface area contributed by atoms with Crippen LogP contribution < -0.4 is 11.1 Å². The van der Waals surface area contributed by atoms with E-state index in [4.69, 9.17) is 5.73 Å². The molecule has 0 saturated carbocycles. The second-order valence-electron chi connectivity index (χ2n) is 4.62. The van der Waals surface area contributed by atoms with E-state index >= 15 is 0 Å². The lowest BCUT2D eigenvalue weighted by Gasteiger charge is -2.21. The minimum Gasteiger partial charge on any atom is -0.355 e. The van der Waals surface area contributed by atoms with Crippen LogP contribution in [0, 0.1) is 5.92 Å². The first-order valence-electron chi connectivity index (χ1n) is 6.29. The Morgan fingerprint density at radius 3 is 2.56 bits per heavy atom. The third-order valence-corrected chi connectivity index (χ3v) is 2.29. The quantitative estimate of drug-likeness (QED) is 0.615. The Bertz CT molecular complexity index is 183. The van der Waals surface area contributed by atoms with Crippen molar-refractivity contribution < 1.29 is 4.79 Å². The van der Waals surface area contributed by atoms with E-state index < -0.39 is 0 Å². The van der Waals surface area contributed by atoms with Crippen molar-refractivity contribution in [3.63, 3.8) is 0 Å². The van der Waals surface area contributed by atoms with Gasteiger partial charge in [0.15, 0.2) is 0 Å². The van der Waals surface area contributed by atoms with Crippen molar-refractivity contribution >= 4 is 5.91 Å². The molecule has 4 nitrogen and oxygen atoms in total. The summed E-state index contributed by atoms with van der Waals surface area (Å²) in [6.07, 6.45) is 2.03. The molecule has 0 aliphatic heterocycles. The van der Waals surface area contributed by atoms with Gasteiger partial charge in [-0.3, -0.25) is 9.69 Å². The highest BCUT2D eigenvalue weighted by Crippen LogP contribution is 1.94. The normalized spacial score (nSPS) is 11.1. The van der Waals surface area contributed by atoms with E-state index in [1.54, 1.807) is 0 Å². The largest absolute Gasteiger partial charge is 0.355 e. The van der Waals surface area contributed by atoms with Crippen LogP contribution in [0.2, 0.25) is 0 Å². The van der Waals surface area contributed by atoms with Crippen LogP contribution in [0.4, 0.5) is 0 Å². The molecule has 0 spiro atoms. The molecule has 0 bridgehead atoms. The highest BCUT2D eigenvalue weighted by molar-refractivity contribution is 5.77. The zero-order valence-corrected chi connectivity index (χ0v) is 11.0. The average Bonchev–Trinajstić information content (AvgIpc) is 2.23. The van der Waals surface area contributed by atoms with E-state index in [0.717, 1.165) is 32.5 Å². The van der Waals surface area contributed by atoms with E-state index in [-0.39, 0.29) is 5.91 Å². The number of nitrogens with one attached hydrogen (secondary N) is 1. The highest BCUT2D eigenvalue weighted by Gasteiger charge is 2.09. The zero-order valence-electron chi connectivity index (χ0n) is 11.0. The molecule has 16 heavy (non-hydrogen) atoms. The Kier molecular flexibility index (Phi) is 9.24. The molecule has 0 saturated heterocycles. The van der Waals surface area contributed by atoms with Crippen LogP contribution in [0.15, 0.2) is 0 Å². The van der Waals surface area contributed by atoms with Crippen LogP contribution in [0.3, 0.4) is 0 Å². The van der Waals surface area contributed by atoms with E-state index in [1.165, 1.54) is 0 Å². The smallest absolute Gasteiger partial charge is 0.234 e. The van der Waals surface area contributed by atoms with Gasteiger partial charge in [0.25, 0.3) is 0 Å². The molecule has 0 aliphatic rings. The predicted molar refractivity (Wildman–Crippen MR) is 68.3 cm³/mol. The molecule has 0 fully saturated rings. The minimum atomic E-state index is 0.124. The van der Waals surface area contributed by atoms with Gasteiger partial charge in [-0.25, -0.2) is 0 Å². The van der Waals surface area contributed by atoms with Gasteiger partial charge < -0.3 is 11.1 Å². The zero-order chi connectivity index (χ0) is 12.4. The molecule has 1 amide bonds. The number of rotatable bonds is 9. The fraction of sp³-hybridized carbons (Fsp3) is 0.917. The lowest BCUT2D eigenvalue weighted by molar-refractivity contribution is -0.122. The van der Waals surface area contributed by atoms with Gasteiger partial charge in [0.1, 0.15) is 0 Å². The van der Waals surface area contributed by atoms with E-state index in [0.29, 0.717) is 19.0 Å². The molecule has 0 radical (unpaired) electrons. The Balaban J connectivity index is 3.82. The number of carbonyl (C=O) groups is 1. The standard InChI is InChI=1S/C12H27N3O/c1-4-7-15(8-5-6-13)10-12(16)14-9-11(2)3/h11H,4-10,13H2,1-3H3,(H,14,16). The summed E-state index contributed by atoms with van der Waals surface area (Å²) >= 11 is 0. The number of hydrogen-bond acceptors (Lipinski definition) is 3. The molecule has 0 aliphatic carbocycles. The van der Waals surface area contributed by atoms with Crippen molar-refractivity contribution in [2.75, 3.05) is 32.7 Å². The second kappa shape index (κ2) is 9.60. The number of carbonyl (C=O) groups excluding carboxylic acids is 1. The Labute approximate surface area is 99.6 Å². The number of amides is 1. The van der Waals surface area contributed by atoms with Gasteiger partial charge in [0, 0.05) is 6.54 Å². The molecule has 4 heteroatoms.